The van der Waals surface area contributed by atoms with Gasteiger partial charge in [-0.2, -0.15) is 0 Å². The lowest BCUT2D eigenvalue weighted by Gasteiger charge is -2.54. The van der Waals surface area contributed by atoms with Crippen molar-refractivity contribution in [1.82, 2.24) is 0 Å². The third kappa shape index (κ3) is 1.84. The third-order valence-electron chi connectivity index (χ3n) is 5.08. The zero-order valence-corrected chi connectivity index (χ0v) is 9.95. The highest BCUT2D eigenvalue weighted by molar-refractivity contribution is 4.97. The first-order valence-corrected chi connectivity index (χ1v) is 6.94. The minimum Gasteiger partial charge on any atom is -0.381 e. The Bertz CT molecular complexity index is 195. The molecule has 0 unspecified atom stereocenters. The molecule has 0 aromatic heterocycles. The van der Waals surface area contributed by atoms with Crippen LogP contribution >= 0.6 is 0 Å². The van der Waals surface area contributed by atoms with E-state index in [0.717, 1.165) is 42.8 Å². The third-order valence-corrected chi connectivity index (χ3v) is 5.08. The smallest absolute Gasteiger partial charge is 0.0499 e. The van der Waals surface area contributed by atoms with Crippen molar-refractivity contribution in [3.8, 4) is 0 Å². The maximum absolute atomic E-state index is 5.81. The van der Waals surface area contributed by atoms with E-state index in [1.54, 1.807) is 6.42 Å². The SMILES string of the molecule is CCCOCC1C2CC3CC(C2)CC1C3. The van der Waals surface area contributed by atoms with Crippen LogP contribution in [0.5, 0.6) is 0 Å². The van der Waals surface area contributed by atoms with E-state index in [-0.39, 0.29) is 0 Å². The van der Waals surface area contributed by atoms with Gasteiger partial charge < -0.3 is 4.74 Å². The fraction of sp³-hybridized carbons (Fsp3) is 1.00. The molecule has 0 radical (unpaired) electrons. The zero-order chi connectivity index (χ0) is 10.3. The molecule has 0 heterocycles. The van der Waals surface area contributed by atoms with E-state index in [1.165, 1.54) is 32.1 Å². The van der Waals surface area contributed by atoms with E-state index in [2.05, 4.69) is 6.92 Å². The van der Waals surface area contributed by atoms with Gasteiger partial charge in [0.05, 0.1) is 0 Å². The second-order valence-electron chi connectivity index (χ2n) is 6.17. The average molecular weight is 208 g/mol. The monoisotopic (exact) mass is 208 g/mol. The van der Waals surface area contributed by atoms with Crippen LogP contribution in [0.2, 0.25) is 0 Å². The van der Waals surface area contributed by atoms with Crippen molar-refractivity contribution >= 4 is 0 Å². The number of ether oxygens (including phenoxy) is 1. The highest BCUT2D eigenvalue weighted by Crippen LogP contribution is 2.56. The Hall–Kier alpha value is -0.0400. The van der Waals surface area contributed by atoms with Crippen LogP contribution in [0.25, 0.3) is 0 Å². The van der Waals surface area contributed by atoms with Crippen LogP contribution in [0.3, 0.4) is 0 Å². The van der Waals surface area contributed by atoms with Gasteiger partial charge in [-0.05, 0) is 68.1 Å². The van der Waals surface area contributed by atoms with Crippen molar-refractivity contribution in [2.45, 2.75) is 45.4 Å². The Labute approximate surface area is 93.6 Å². The second-order valence-corrected chi connectivity index (χ2v) is 6.17. The molecule has 4 saturated carbocycles. The molecule has 0 aromatic rings. The van der Waals surface area contributed by atoms with Gasteiger partial charge in [0.1, 0.15) is 0 Å². The Morgan fingerprint density at radius 3 is 2.07 bits per heavy atom. The summed E-state index contributed by atoms with van der Waals surface area (Å²) in [5.74, 6) is 5.23. The van der Waals surface area contributed by atoms with Gasteiger partial charge in [-0.3, -0.25) is 0 Å². The zero-order valence-electron chi connectivity index (χ0n) is 9.95. The summed E-state index contributed by atoms with van der Waals surface area (Å²) < 4.78 is 5.81. The summed E-state index contributed by atoms with van der Waals surface area (Å²) in [5.41, 5.74) is 0. The number of hydrogen-bond donors (Lipinski definition) is 0. The van der Waals surface area contributed by atoms with E-state index in [1.807, 2.05) is 0 Å². The van der Waals surface area contributed by atoms with Crippen LogP contribution in [-0.4, -0.2) is 13.2 Å². The lowest BCUT2D eigenvalue weighted by atomic mass is 9.52. The van der Waals surface area contributed by atoms with Crippen molar-refractivity contribution in [3.63, 3.8) is 0 Å². The molecular formula is C14H24O. The van der Waals surface area contributed by atoms with E-state index in [9.17, 15) is 0 Å². The van der Waals surface area contributed by atoms with Gasteiger partial charge in [-0.25, -0.2) is 0 Å². The first-order valence-electron chi connectivity index (χ1n) is 6.94. The first-order chi connectivity index (χ1) is 7.36. The fourth-order valence-corrected chi connectivity index (χ4v) is 4.67. The van der Waals surface area contributed by atoms with Crippen molar-refractivity contribution in [2.24, 2.45) is 29.6 Å². The highest BCUT2D eigenvalue weighted by Gasteiger charge is 2.47. The molecule has 1 heteroatoms. The van der Waals surface area contributed by atoms with Gasteiger partial charge >= 0.3 is 0 Å². The maximum Gasteiger partial charge on any atom is 0.0499 e. The van der Waals surface area contributed by atoms with Gasteiger partial charge in [-0.1, -0.05) is 6.92 Å². The van der Waals surface area contributed by atoms with Crippen LogP contribution in [0.1, 0.15) is 45.4 Å². The van der Waals surface area contributed by atoms with Gasteiger partial charge in [0.2, 0.25) is 0 Å². The van der Waals surface area contributed by atoms with Crippen LogP contribution in [0.4, 0.5) is 0 Å². The Morgan fingerprint density at radius 1 is 0.933 bits per heavy atom. The first kappa shape index (κ1) is 10.1. The molecule has 0 aliphatic heterocycles. The van der Waals surface area contributed by atoms with Gasteiger partial charge in [0, 0.05) is 13.2 Å². The lowest BCUT2D eigenvalue weighted by molar-refractivity contribution is -0.0713. The van der Waals surface area contributed by atoms with Crippen LogP contribution in [-0.2, 0) is 4.74 Å². The molecule has 0 N–H and O–H groups in total. The molecule has 0 atom stereocenters. The summed E-state index contributed by atoms with van der Waals surface area (Å²) in [5, 5.41) is 0. The molecular weight excluding hydrogens is 184 g/mol. The summed E-state index contributed by atoms with van der Waals surface area (Å²) in [7, 11) is 0. The van der Waals surface area contributed by atoms with Crippen LogP contribution < -0.4 is 0 Å². The summed E-state index contributed by atoms with van der Waals surface area (Å²) in [4.78, 5) is 0. The quantitative estimate of drug-likeness (QED) is 0.643. The molecule has 4 bridgehead atoms. The molecule has 86 valence electrons. The lowest BCUT2D eigenvalue weighted by Crippen LogP contribution is -2.46. The molecule has 4 rings (SSSR count). The van der Waals surface area contributed by atoms with E-state index < -0.39 is 0 Å². The van der Waals surface area contributed by atoms with Crippen molar-refractivity contribution in [1.29, 1.82) is 0 Å². The Morgan fingerprint density at radius 2 is 1.53 bits per heavy atom. The number of hydrogen-bond acceptors (Lipinski definition) is 1. The summed E-state index contributed by atoms with van der Waals surface area (Å²) in [6.07, 6.45) is 8.88. The molecule has 15 heavy (non-hydrogen) atoms. The largest absolute Gasteiger partial charge is 0.381 e. The molecule has 4 fully saturated rings. The standard InChI is InChI=1S/C14H24O/c1-2-3-15-9-14-12-5-10-4-11(7-12)8-13(14)6-10/h10-14H,2-9H2,1H3. The van der Waals surface area contributed by atoms with Gasteiger partial charge in [-0.15, -0.1) is 0 Å². The normalized spacial score (nSPS) is 47.4. The van der Waals surface area contributed by atoms with E-state index in [0.29, 0.717) is 0 Å². The van der Waals surface area contributed by atoms with Gasteiger partial charge in [0.15, 0.2) is 0 Å². The maximum atomic E-state index is 5.81. The van der Waals surface area contributed by atoms with Crippen molar-refractivity contribution in [3.05, 3.63) is 0 Å². The molecule has 0 amide bonds. The van der Waals surface area contributed by atoms with Crippen molar-refractivity contribution in [2.75, 3.05) is 13.2 Å². The minimum absolute atomic E-state index is 0.935. The molecule has 4 aliphatic carbocycles. The second kappa shape index (κ2) is 4.08. The number of rotatable bonds is 4. The summed E-state index contributed by atoms with van der Waals surface area (Å²) in [6, 6.07) is 0. The predicted molar refractivity (Wildman–Crippen MR) is 61.6 cm³/mol. The minimum atomic E-state index is 0.935. The molecule has 0 aromatic carbocycles. The molecule has 0 saturated heterocycles. The Kier molecular flexibility index (Phi) is 2.76. The topological polar surface area (TPSA) is 9.23 Å². The summed E-state index contributed by atoms with van der Waals surface area (Å²) >= 11 is 0. The molecule has 4 aliphatic rings. The van der Waals surface area contributed by atoms with E-state index >= 15 is 0 Å². The molecule has 1 nitrogen and oxygen atoms in total. The van der Waals surface area contributed by atoms with Crippen molar-refractivity contribution < 1.29 is 4.74 Å². The molecule has 0 spiro atoms. The highest BCUT2D eigenvalue weighted by atomic mass is 16.5. The fourth-order valence-electron chi connectivity index (χ4n) is 4.67. The van der Waals surface area contributed by atoms with Crippen LogP contribution in [0.15, 0.2) is 0 Å². The Balaban J connectivity index is 1.60. The van der Waals surface area contributed by atoms with Gasteiger partial charge in [0.25, 0.3) is 0 Å². The summed E-state index contributed by atoms with van der Waals surface area (Å²) in [6.45, 7) is 4.25. The average Bonchev–Trinajstić information content (AvgIpc) is 2.21. The van der Waals surface area contributed by atoms with E-state index in [4.69, 9.17) is 4.74 Å². The van der Waals surface area contributed by atoms with Crippen LogP contribution in [0, 0.1) is 29.6 Å². The predicted octanol–water partition coefficient (Wildman–Crippen LogP) is 3.49.